The van der Waals surface area contributed by atoms with Crippen LogP contribution in [0.15, 0.2) is 41.0 Å². The van der Waals surface area contributed by atoms with Gasteiger partial charge >= 0.3 is 0 Å². The average molecular weight is 324 g/mol. The summed E-state index contributed by atoms with van der Waals surface area (Å²) >= 11 is 5.97. The number of carbonyl (C=O) groups excluding carboxylic acids is 1. The molecule has 1 aromatic heterocycles. The first-order valence-corrected chi connectivity index (χ1v) is 7.38. The summed E-state index contributed by atoms with van der Waals surface area (Å²) in [6.45, 7) is 2.50. The predicted octanol–water partition coefficient (Wildman–Crippen LogP) is 1.98. The number of anilines is 1. The van der Waals surface area contributed by atoms with Gasteiger partial charge in [0.15, 0.2) is 11.8 Å². The van der Waals surface area contributed by atoms with Crippen molar-refractivity contribution in [2.45, 2.75) is 19.5 Å². The molecule has 0 aliphatic heterocycles. The first-order chi connectivity index (χ1) is 10.5. The summed E-state index contributed by atoms with van der Waals surface area (Å²) in [5.74, 6) is 1.32. The third kappa shape index (κ3) is 4.02. The van der Waals surface area contributed by atoms with Crippen molar-refractivity contribution in [1.82, 2.24) is 0 Å². The van der Waals surface area contributed by atoms with E-state index >= 15 is 0 Å². The Morgan fingerprint density at radius 2 is 2.23 bits per heavy atom. The fourth-order valence-electron chi connectivity index (χ4n) is 2.08. The van der Waals surface area contributed by atoms with Crippen molar-refractivity contribution in [3.05, 3.63) is 47.4 Å². The Balaban J connectivity index is 2.03. The molecule has 5 nitrogen and oxygen atoms in total. The minimum Gasteiger partial charge on any atom is -0.495 e. The highest BCUT2D eigenvalue weighted by Crippen LogP contribution is 2.27. The summed E-state index contributed by atoms with van der Waals surface area (Å²) in [5.41, 5.74) is 0.567. The minimum atomic E-state index is -0.256. The van der Waals surface area contributed by atoms with Crippen molar-refractivity contribution in [3.63, 3.8) is 0 Å². The summed E-state index contributed by atoms with van der Waals surface area (Å²) in [4.78, 5) is 13.4. The van der Waals surface area contributed by atoms with Crippen molar-refractivity contribution < 1.29 is 18.8 Å². The number of ether oxygens (including phenoxy) is 1. The summed E-state index contributed by atoms with van der Waals surface area (Å²) < 4.78 is 10.5. The van der Waals surface area contributed by atoms with Gasteiger partial charge in [-0.15, -0.1) is 0 Å². The third-order valence-corrected chi connectivity index (χ3v) is 3.82. The summed E-state index contributed by atoms with van der Waals surface area (Å²) in [5, 5.41) is 3.40. The maximum Gasteiger partial charge on any atom is 0.282 e. The zero-order valence-corrected chi connectivity index (χ0v) is 13.6. The monoisotopic (exact) mass is 323 g/mol. The van der Waals surface area contributed by atoms with E-state index in [4.69, 9.17) is 20.8 Å². The first-order valence-electron chi connectivity index (χ1n) is 7.00. The standard InChI is InChI=1S/C16H19ClN2O3/c1-11(19(2)10-13-5-4-8-22-13)16(20)18-14-9-12(17)6-7-15(14)21-3/h4-9,11H,10H2,1-3H3,(H,18,20)/p+1/t11-/m1/s1. The number of halogens is 1. The van der Waals surface area contributed by atoms with Gasteiger partial charge in [0.1, 0.15) is 12.3 Å². The lowest BCUT2D eigenvalue weighted by atomic mass is 10.2. The van der Waals surface area contributed by atoms with Crippen LogP contribution in [0.5, 0.6) is 5.75 Å². The number of quaternary nitrogens is 1. The van der Waals surface area contributed by atoms with E-state index in [9.17, 15) is 4.79 Å². The molecule has 22 heavy (non-hydrogen) atoms. The Morgan fingerprint density at radius 3 is 2.86 bits per heavy atom. The van der Waals surface area contributed by atoms with Crippen molar-refractivity contribution >= 4 is 23.2 Å². The summed E-state index contributed by atoms with van der Waals surface area (Å²) in [7, 11) is 3.50. The van der Waals surface area contributed by atoms with E-state index in [0.29, 0.717) is 23.0 Å². The fraction of sp³-hybridized carbons (Fsp3) is 0.312. The molecular formula is C16H20ClN2O3+. The second kappa shape index (κ2) is 7.33. The first kappa shape index (κ1) is 16.4. The molecule has 2 aromatic rings. The van der Waals surface area contributed by atoms with E-state index in [-0.39, 0.29) is 11.9 Å². The van der Waals surface area contributed by atoms with E-state index in [0.717, 1.165) is 10.7 Å². The summed E-state index contributed by atoms with van der Waals surface area (Å²) in [6, 6.07) is 8.59. The van der Waals surface area contributed by atoms with E-state index in [1.165, 1.54) is 0 Å². The van der Waals surface area contributed by atoms with Gasteiger partial charge in [0.2, 0.25) is 0 Å². The van der Waals surface area contributed by atoms with Crippen LogP contribution < -0.4 is 15.0 Å². The van der Waals surface area contributed by atoms with Crippen molar-refractivity contribution in [3.8, 4) is 5.75 Å². The Bertz CT molecular complexity index is 628. The van der Waals surface area contributed by atoms with Crippen LogP contribution in [-0.4, -0.2) is 26.1 Å². The van der Waals surface area contributed by atoms with E-state index in [2.05, 4.69) is 5.32 Å². The molecular weight excluding hydrogens is 304 g/mol. The zero-order chi connectivity index (χ0) is 16.1. The normalized spacial score (nSPS) is 13.5. The molecule has 118 valence electrons. The van der Waals surface area contributed by atoms with Gasteiger partial charge in [-0.1, -0.05) is 11.6 Å². The fourth-order valence-corrected chi connectivity index (χ4v) is 2.26. The van der Waals surface area contributed by atoms with Gasteiger partial charge in [-0.05, 0) is 37.3 Å². The smallest absolute Gasteiger partial charge is 0.282 e. The van der Waals surface area contributed by atoms with E-state index in [1.54, 1.807) is 31.6 Å². The maximum absolute atomic E-state index is 12.4. The number of hydrogen-bond acceptors (Lipinski definition) is 3. The number of amides is 1. The molecule has 2 atom stereocenters. The quantitative estimate of drug-likeness (QED) is 0.854. The van der Waals surface area contributed by atoms with Crippen molar-refractivity contribution in [1.29, 1.82) is 0 Å². The molecule has 0 bridgehead atoms. The van der Waals surface area contributed by atoms with Crippen LogP contribution in [0.4, 0.5) is 5.69 Å². The molecule has 2 N–H and O–H groups in total. The lowest BCUT2D eigenvalue weighted by Gasteiger charge is -2.20. The van der Waals surface area contributed by atoms with Gasteiger partial charge in [-0.3, -0.25) is 4.79 Å². The molecule has 0 aliphatic rings. The van der Waals surface area contributed by atoms with E-state index in [1.807, 2.05) is 26.1 Å². The Labute approximate surface area is 134 Å². The molecule has 1 unspecified atom stereocenters. The number of benzene rings is 1. The van der Waals surface area contributed by atoms with Gasteiger partial charge in [0, 0.05) is 5.02 Å². The Kier molecular flexibility index (Phi) is 5.46. The number of likely N-dealkylation sites (N-methyl/N-ethyl adjacent to an activating group) is 1. The lowest BCUT2D eigenvalue weighted by molar-refractivity contribution is -0.908. The van der Waals surface area contributed by atoms with Gasteiger partial charge in [-0.25, -0.2) is 0 Å². The number of nitrogens with one attached hydrogen (secondary N) is 2. The molecule has 1 aromatic carbocycles. The summed E-state index contributed by atoms with van der Waals surface area (Å²) in [6.07, 6.45) is 1.63. The number of furan rings is 1. The molecule has 0 saturated carbocycles. The van der Waals surface area contributed by atoms with Gasteiger partial charge in [0.05, 0.1) is 26.1 Å². The largest absolute Gasteiger partial charge is 0.495 e. The molecule has 0 radical (unpaired) electrons. The van der Waals surface area contributed by atoms with Crippen LogP contribution in [0, 0.1) is 0 Å². The van der Waals surface area contributed by atoms with E-state index < -0.39 is 0 Å². The Morgan fingerprint density at radius 1 is 1.45 bits per heavy atom. The molecule has 0 spiro atoms. The van der Waals surface area contributed by atoms with Crippen LogP contribution in [0.3, 0.4) is 0 Å². The Hall–Kier alpha value is -1.98. The second-order valence-corrected chi connectivity index (χ2v) is 5.59. The lowest BCUT2D eigenvalue weighted by Crippen LogP contribution is -3.12. The molecule has 0 fully saturated rings. The van der Waals surface area contributed by atoms with Gasteiger partial charge in [0.25, 0.3) is 5.91 Å². The number of methoxy groups -OCH3 is 1. The molecule has 0 saturated heterocycles. The van der Waals surface area contributed by atoms with Crippen LogP contribution in [0.2, 0.25) is 5.02 Å². The SMILES string of the molecule is COc1ccc(Cl)cc1NC(=O)[C@@H](C)[NH+](C)Cc1ccco1. The predicted molar refractivity (Wildman–Crippen MR) is 85.4 cm³/mol. The van der Waals surface area contributed by atoms with Crippen LogP contribution in [0.25, 0.3) is 0 Å². The number of hydrogen-bond donors (Lipinski definition) is 2. The second-order valence-electron chi connectivity index (χ2n) is 5.16. The number of carbonyl (C=O) groups is 1. The van der Waals surface area contributed by atoms with Crippen LogP contribution in [0.1, 0.15) is 12.7 Å². The topological polar surface area (TPSA) is 55.9 Å². The highest BCUT2D eigenvalue weighted by molar-refractivity contribution is 6.31. The molecule has 2 rings (SSSR count). The highest BCUT2D eigenvalue weighted by Gasteiger charge is 2.23. The van der Waals surface area contributed by atoms with Crippen molar-refractivity contribution in [2.24, 2.45) is 0 Å². The molecule has 6 heteroatoms. The average Bonchev–Trinajstić information content (AvgIpc) is 2.99. The zero-order valence-electron chi connectivity index (χ0n) is 12.9. The van der Waals surface area contributed by atoms with Crippen LogP contribution in [-0.2, 0) is 11.3 Å². The minimum absolute atomic E-state index is 0.107. The van der Waals surface area contributed by atoms with Crippen LogP contribution >= 0.6 is 11.6 Å². The highest BCUT2D eigenvalue weighted by atomic mass is 35.5. The number of rotatable bonds is 6. The van der Waals surface area contributed by atoms with Gasteiger partial charge < -0.3 is 19.4 Å². The van der Waals surface area contributed by atoms with Crippen molar-refractivity contribution in [2.75, 3.05) is 19.5 Å². The maximum atomic E-state index is 12.4. The molecule has 1 heterocycles. The third-order valence-electron chi connectivity index (χ3n) is 3.59. The molecule has 1 amide bonds. The molecule has 0 aliphatic carbocycles. The van der Waals surface area contributed by atoms with Gasteiger partial charge in [-0.2, -0.15) is 0 Å².